The molecule has 0 unspecified atom stereocenters. The SMILES string of the molecule is C=C1C=CC=C2C=CC=C[C@H]12. The third-order valence-electron chi connectivity index (χ3n) is 2.06. The summed E-state index contributed by atoms with van der Waals surface area (Å²) >= 11 is 0. The first kappa shape index (κ1) is 6.41. The van der Waals surface area contributed by atoms with E-state index >= 15 is 0 Å². The second-order valence-corrected chi connectivity index (χ2v) is 2.82. The third kappa shape index (κ3) is 1.01. The van der Waals surface area contributed by atoms with Gasteiger partial charge in [0.05, 0.1) is 0 Å². The Hall–Kier alpha value is -1.30. The molecule has 2 aliphatic carbocycles. The van der Waals surface area contributed by atoms with Gasteiger partial charge in [0.2, 0.25) is 0 Å². The summed E-state index contributed by atoms with van der Waals surface area (Å²) in [5, 5.41) is 0. The summed E-state index contributed by atoms with van der Waals surface area (Å²) in [6.45, 7) is 3.99. The molecule has 54 valence electrons. The molecular formula is C11H10. The number of hydrogen-bond acceptors (Lipinski definition) is 0. The van der Waals surface area contributed by atoms with E-state index in [1.807, 2.05) is 0 Å². The molecule has 0 saturated heterocycles. The van der Waals surface area contributed by atoms with Gasteiger partial charge in [0, 0.05) is 5.92 Å². The fraction of sp³-hybridized carbons (Fsp3) is 0.0909. The van der Waals surface area contributed by atoms with Gasteiger partial charge in [-0.15, -0.1) is 0 Å². The zero-order valence-electron chi connectivity index (χ0n) is 6.33. The van der Waals surface area contributed by atoms with Crippen molar-refractivity contribution in [1.82, 2.24) is 0 Å². The van der Waals surface area contributed by atoms with Gasteiger partial charge in [-0.3, -0.25) is 0 Å². The van der Waals surface area contributed by atoms with Gasteiger partial charge in [-0.2, -0.15) is 0 Å². The van der Waals surface area contributed by atoms with Gasteiger partial charge in [-0.05, 0) is 11.1 Å². The minimum Gasteiger partial charge on any atom is -0.0949 e. The summed E-state index contributed by atoms with van der Waals surface area (Å²) in [4.78, 5) is 0. The first-order valence-corrected chi connectivity index (χ1v) is 3.80. The highest BCUT2D eigenvalue weighted by Crippen LogP contribution is 2.28. The van der Waals surface area contributed by atoms with Gasteiger partial charge in [0.1, 0.15) is 0 Å². The Morgan fingerprint density at radius 2 is 2.00 bits per heavy atom. The molecule has 0 aromatic heterocycles. The average Bonchev–Trinajstić information content (AvgIpc) is 2.06. The molecular weight excluding hydrogens is 132 g/mol. The molecule has 0 aromatic rings. The summed E-state index contributed by atoms with van der Waals surface area (Å²) in [6.07, 6.45) is 14.7. The summed E-state index contributed by atoms with van der Waals surface area (Å²) in [7, 11) is 0. The molecule has 0 aliphatic heterocycles. The van der Waals surface area contributed by atoms with Crippen molar-refractivity contribution in [2.45, 2.75) is 0 Å². The summed E-state index contributed by atoms with van der Waals surface area (Å²) in [5.74, 6) is 0.435. The molecule has 1 atom stereocenters. The van der Waals surface area contributed by atoms with E-state index in [-0.39, 0.29) is 0 Å². The summed E-state index contributed by atoms with van der Waals surface area (Å²) in [6, 6.07) is 0. The standard InChI is InChI=1S/C11H10/c1-9-5-4-7-10-6-2-3-8-11(9)10/h2-8,11H,1H2/t11-/m1/s1. The van der Waals surface area contributed by atoms with Crippen LogP contribution in [0.2, 0.25) is 0 Å². The number of rotatable bonds is 0. The second-order valence-electron chi connectivity index (χ2n) is 2.82. The van der Waals surface area contributed by atoms with Crippen molar-refractivity contribution in [2.24, 2.45) is 5.92 Å². The van der Waals surface area contributed by atoms with Crippen molar-refractivity contribution in [3.63, 3.8) is 0 Å². The molecule has 0 N–H and O–H groups in total. The zero-order valence-corrected chi connectivity index (χ0v) is 6.33. The van der Waals surface area contributed by atoms with Crippen LogP contribution in [-0.2, 0) is 0 Å². The Kier molecular flexibility index (Phi) is 1.39. The van der Waals surface area contributed by atoms with Crippen LogP contribution < -0.4 is 0 Å². The Bertz CT molecular complexity index is 298. The number of allylic oxidation sites excluding steroid dienone is 9. The van der Waals surface area contributed by atoms with Crippen molar-refractivity contribution in [2.75, 3.05) is 0 Å². The highest BCUT2D eigenvalue weighted by molar-refractivity contribution is 5.47. The van der Waals surface area contributed by atoms with E-state index in [0.717, 1.165) is 0 Å². The highest BCUT2D eigenvalue weighted by Gasteiger charge is 2.14. The van der Waals surface area contributed by atoms with Gasteiger partial charge in [-0.1, -0.05) is 49.1 Å². The Balaban J connectivity index is 2.43. The topological polar surface area (TPSA) is 0 Å². The van der Waals surface area contributed by atoms with Crippen molar-refractivity contribution >= 4 is 0 Å². The van der Waals surface area contributed by atoms with E-state index in [1.165, 1.54) is 11.1 Å². The smallest absolute Gasteiger partial charge is 0.0266 e. The van der Waals surface area contributed by atoms with Gasteiger partial charge >= 0.3 is 0 Å². The fourth-order valence-electron chi connectivity index (χ4n) is 1.44. The van der Waals surface area contributed by atoms with Crippen LogP contribution in [0.1, 0.15) is 0 Å². The lowest BCUT2D eigenvalue weighted by Gasteiger charge is -2.19. The lowest BCUT2D eigenvalue weighted by Crippen LogP contribution is -2.05. The molecule has 0 bridgehead atoms. The van der Waals surface area contributed by atoms with Gasteiger partial charge in [0.15, 0.2) is 0 Å². The van der Waals surface area contributed by atoms with Crippen LogP contribution >= 0.6 is 0 Å². The van der Waals surface area contributed by atoms with E-state index < -0.39 is 0 Å². The second kappa shape index (κ2) is 2.39. The highest BCUT2D eigenvalue weighted by atomic mass is 14.2. The van der Waals surface area contributed by atoms with Crippen molar-refractivity contribution < 1.29 is 0 Å². The Morgan fingerprint density at radius 3 is 2.82 bits per heavy atom. The number of fused-ring (bicyclic) bond motifs is 1. The van der Waals surface area contributed by atoms with Crippen molar-refractivity contribution in [1.29, 1.82) is 0 Å². The molecule has 0 spiro atoms. The lowest BCUT2D eigenvalue weighted by atomic mass is 9.85. The molecule has 0 amide bonds. The molecule has 0 aromatic carbocycles. The third-order valence-corrected chi connectivity index (χ3v) is 2.06. The maximum atomic E-state index is 3.99. The summed E-state index contributed by atoms with van der Waals surface area (Å²) in [5.41, 5.74) is 2.53. The fourth-order valence-corrected chi connectivity index (χ4v) is 1.44. The molecule has 2 aliphatic rings. The van der Waals surface area contributed by atoms with Crippen LogP contribution in [0.25, 0.3) is 0 Å². The molecule has 0 saturated carbocycles. The Labute approximate surface area is 66.9 Å². The Morgan fingerprint density at radius 1 is 1.09 bits per heavy atom. The van der Waals surface area contributed by atoms with E-state index in [9.17, 15) is 0 Å². The van der Waals surface area contributed by atoms with Crippen LogP contribution in [0.5, 0.6) is 0 Å². The maximum Gasteiger partial charge on any atom is 0.0266 e. The molecule has 0 nitrogen and oxygen atoms in total. The molecule has 0 heteroatoms. The van der Waals surface area contributed by atoms with Gasteiger partial charge < -0.3 is 0 Å². The first-order chi connectivity index (χ1) is 5.38. The largest absolute Gasteiger partial charge is 0.0949 e. The predicted octanol–water partition coefficient (Wildman–Crippen LogP) is 2.78. The average molecular weight is 142 g/mol. The predicted molar refractivity (Wildman–Crippen MR) is 48.1 cm³/mol. The molecule has 11 heavy (non-hydrogen) atoms. The summed E-state index contributed by atoms with van der Waals surface area (Å²) < 4.78 is 0. The van der Waals surface area contributed by atoms with Crippen LogP contribution in [0.4, 0.5) is 0 Å². The van der Waals surface area contributed by atoms with Crippen LogP contribution in [0, 0.1) is 5.92 Å². The molecule has 0 fully saturated rings. The minimum absolute atomic E-state index is 0.435. The zero-order chi connectivity index (χ0) is 7.68. The van der Waals surface area contributed by atoms with Crippen molar-refractivity contribution in [3.05, 3.63) is 60.3 Å². The van der Waals surface area contributed by atoms with Crippen LogP contribution in [0.15, 0.2) is 60.3 Å². The van der Waals surface area contributed by atoms with E-state index in [2.05, 4.69) is 49.1 Å². The quantitative estimate of drug-likeness (QED) is 0.488. The lowest BCUT2D eigenvalue weighted by molar-refractivity contribution is 0.938. The monoisotopic (exact) mass is 142 g/mol. The van der Waals surface area contributed by atoms with Gasteiger partial charge in [-0.25, -0.2) is 0 Å². The van der Waals surface area contributed by atoms with E-state index in [1.54, 1.807) is 0 Å². The first-order valence-electron chi connectivity index (χ1n) is 3.80. The molecule has 0 radical (unpaired) electrons. The molecule has 2 rings (SSSR count). The van der Waals surface area contributed by atoms with Crippen LogP contribution in [0.3, 0.4) is 0 Å². The van der Waals surface area contributed by atoms with E-state index in [0.29, 0.717) is 5.92 Å². The van der Waals surface area contributed by atoms with Crippen molar-refractivity contribution in [3.8, 4) is 0 Å². The van der Waals surface area contributed by atoms with E-state index in [4.69, 9.17) is 0 Å². The van der Waals surface area contributed by atoms with Gasteiger partial charge in [0.25, 0.3) is 0 Å². The normalized spacial score (nSPS) is 26.7. The number of hydrogen-bond donors (Lipinski definition) is 0. The van der Waals surface area contributed by atoms with Crippen LogP contribution in [-0.4, -0.2) is 0 Å². The maximum absolute atomic E-state index is 3.99. The minimum atomic E-state index is 0.435. The molecule has 0 heterocycles.